The molecule has 0 spiro atoms. The molecule has 0 bridgehead atoms. The van der Waals surface area contributed by atoms with Crippen molar-refractivity contribution in [2.45, 2.75) is 25.3 Å². The molecule has 1 aromatic carbocycles. The molecule has 0 aliphatic carbocycles. The van der Waals surface area contributed by atoms with Crippen LogP contribution in [0.25, 0.3) is 0 Å². The second-order valence-electron chi connectivity index (χ2n) is 4.08. The van der Waals surface area contributed by atoms with Crippen molar-refractivity contribution in [3.8, 4) is 0 Å². The lowest BCUT2D eigenvalue weighted by Crippen LogP contribution is -2.47. The summed E-state index contributed by atoms with van der Waals surface area (Å²) < 4.78 is 12.8. The molecule has 0 radical (unpaired) electrons. The molecule has 1 amide bonds. The maximum absolute atomic E-state index is 12.8. The van der Waals surface area contributed by atoms with Crippen molar-refractivity contribution in [3.05, 3.63) is 30.1 Å². The summed E-state index contributed by atoms with van der Waals surface area (Å²) in [6, 6.07) is 5.94. The van der Waals surface area contributed by atoms with Crippen LogP contribution in [0.1, 0.15) is 19.3 Å². The zero-order valence-corrected chi connectivity index (χ0v) is 9.03. The van der Waals surface area contributed by atoms with Crippen LogP contribution < -0.4 is 10.6 Å². The van der Waals surface area contributed by atoms with Gasteiger partial charge in [-0.2, -0.15) is 0 Å². The van der Waals surface area contributed by atoms with E-state index in [0.717, 1.165) is 31.5 Å². The average molecular weight is 222 g/mol. The zero-order chi connectivity index (χ0) is 11.5. The Morgan fingerprint density at radius 3 is 2.62 bits per heavy atom. The molecule has 1 unspecified atom stereocenters. The number of hydrogen-bond donors (Lipinski definition) is 1. The third-order valence-corrected chi connectivity index (χ3v) is 2.99. The fourth-order valence-electron chi connectivity index (χ4n) is 2.17. The van der Waals surface area contributed by atoms with Crippen LogP contribution in [0.5, 0.6) is 0 Å². The molecule has 1 aliphatic heterocycles. The average Bonchev–Trinajstić information content (AvgIpc) is 2.30. The SMILES string of the molecule is NC(=O)C1CCCCN1c1ccc(F)cc1. The van der Waals surface area contributed by atoms with Gasteiger partial charge in [-0.3, -0.25) is 4.79 Å². The minimum Gasteiger partial charge on any atom is -0.368 e. The van der Waals surface area contributed by atoms with Crippen LogP contribution in [-0.4, -0.2) is 18.5 Å². The van der Waals surface area contributed by atoms with Crippen LogP contribution in [0.4, 0.5) is 10.1 Å². The Hall–Kier alpha value is -1.58. The van der Waals surface area contributed by atoms with E-state index in [1.165, 1.54) is 12.1 Å². The standard InChI is InChI=1S/C12H15FN2O/c13-9-4-6-10(7-5-9)15-8-2-1-3-11(15)12(14)16/h4-7,11H,1-3,8H2,(H2,14,16). The van der Waals surface area contributed by atoms with E-state index in [4.69, 9.17) is 5.73 Å². The molecule has 3 nitrogen and oxygen atoms in total. The number of carbonyl (C=O) groups excluding carboxylic acids is 1. The van der Waals surface area contributed by atoms with E-state index in [-0.39, 0.29) is 17.8 Å². The second-order valence-corrected chi connectivity index (χ2v) is 4.08. The van der Waals surface area contributed by atoms with Crippen molar-refractivity contribution in [3.63, 3.8) is 0 Å². The molecular formula is C12H15FN2O. The highest BCUT2D eigenvalue weighted by atomic mass is 19.1. The predicted molar refractivity (Wildman–Crippen MR) is 60.6 cm³/mol. The van der Waals surface area contributed by atoms with Gasteiger partial charge in [-0.1, -0.05) is 0 Å². The fourth-order valence-corrected chi connectivity index (χ4v) is 2.17. The fraction of sp³-hybridized carbons (Fsp3) is 0.417. The van der Waals surface area contributed by atoms with Crippen molar-refractivity contribution >= 4 is 11.6 Å². The minimum absolute atomic E-state index is 0.251. The Labute approximate surface area is 94.0 Å². The van der Waals surface area contributed by atoms with Crippen molar-refractivity contribution in [2.75, 3.05) is 11.4 Å². The van der Waals surface area contributed by atoms with E-state index in [9.17, 15) is 9.18 Å². The number of anilines is 1. The third kappa shape index (κ3) is 2.15. The predicted octanol–water partition coefficient (Wildman–Crippen LogP) is 1.67. The number of halogens is 1. The van der Waals surface area contributed by atoms with Gasteiger partial charge in [0.05, 0.1) is 0 Å². The molecular weight excluding hydrogens is 207 g/mol. The van der Waals surface area contributed by atoms with Crippen LogP contribution in [0.2, 0.25) is 0 Å². The highest BCUT2D eigenvalue weighted by molar-refractivity contribution is 5.83. The number of benzene rings is 1. The van der Waals surface area contributed by atoms with Crippen molar-refractivity contribution < 1.29 is 9.18 Å². The summed E-state index contributed by atoms with van der Waals surface area (Å²) in [5, 5.41) is 0. The summed E-state index contributed by atoms with van der Waals surface area (Å²) in [4.78, 5) is 13.3. The van der Waals surface area contributed by atoms with Gasteiger partial charge in [0.1, 0.15) is 11.9 Å². The first kappa shape index (κ1) is 10.9. The summed E-state index contributed by atoms with van der Waals surface area (Å²) in [5.41, 5.74) is 6.24. The Balaban J connectivity index is 2.23. The van der Waals surface area contributed by atoms with Gasteiger partial charge in [-0.25, -0.2) is 4.39 Å². The van der Waals surface area contributed by atoms with E-state index in [0.29, 0.717) is 0 Å². The Morgan fingerprint density at radius 1 is 1.31 bits per heavy atom. The Morgan fingerprint density at radius 2 is 2.00 bits per heavy atom. The van der Waals surface area contributed by atoms with E-state index < -0.39 is 0 Å². The molecule has 4 heteroatoms. The maximum atomic E-state index is 12.8. The van der Waals surface area contributed by atoms with Gasteiger partial charge >= 0.3 is 0 Å². The molecule has 1 heterocycles. The number of nitrogens with two attached hydrogens (primary N) is 1. The summed E-state index contributed by atoms with van der Waals surface area (Å²) in [5.74, 6) is -0.569. The summed E-state index contributed by atoms with van der Waals surface area (Å²) in [6.45, 7) is 0.805. The van der Waals surface area contributed by atoms with E-state index >= 15 is 0 Å². The number of amides is 1. The molecule has 0 aromatic heterocycles. The van der Waals surface area contributed by atoms with Crippen LogP contribution in [0, 0.1) is 5.82 Å². The van der Waals surface area contributed by atoms with E-state index in [2.05, 4.69) is 0 Å². The Kier molecular flexibility index (Phi) is 3.08. The minimum atomic E-state index is -0.302. The number of rotatable bonds is 2. The quantitative estimate of drug-likeness (QED) is 0.827. The molecule has 1 aliphatic rings. The number of carbonyl (C=O) groups is 1. The van der Waals surface area contributed by atoms with E-state index in [1.54, 1.807) is 12.1 Å². The van der Waals surface area contributed by atoms with Crippen LogP contribution in [0.3, 0.4) is 0 Å². The molecule has 1 aromatic rings. The zero-order valence-electron chi connectivity index (χ0n) is 9.03. The number of nitrogens with zero attached hydrogens (tertiary/aromatic N) is 1. The number of hydrogen-bond acceptors (Lipinski definition) is 2. The summed E-state index contributed by atoms with van der Waals surface area (Å²) in [7, 11) is 0. The second kappa shape index (κ2) is 4.51. The lowest BCUT2D eigenvalue weighted by Gasteiger charge is -2.35. The number of piperidine rings is 1. The highest BCUT2D eigenvalue weighted by Gasteiger charge is 2.26. The highest BCUT2D eigenvalue weighted by Crippen LogP contribution is 2.24. The normalized spacial score (nSPS) is 20.8. The van der Waals surface area contributed by atoms with Crippen LogP contribution in [-0.2, 0) is 4.79 Å². The first-order valence-electron chi connectivity index (χ1n) is 5.50. The van der Waals surface area contributed by atoms with E-state index in [1.807, 2.05) is 4.90 Å². The molecule has 2 N–H and O–H groups in total. The van der Waals surface area contributed by atoms with Gasteiger partial charge in [0.25, 0.3) is 0 Å². The largest absolute Gasteiger partial charge is 0.368 e. The van der Waals surface area contributed by atoms with Gasteiger partial charge in [0, 0.05) is 12.2 Å². The molecule has 86 valence electrons. The van der Waals surface area contributed by atoms with Crippen LogP contribution >= 0.6 is 0 Å². The van der Waals surface area contributed by atoms with Gasteiger partial charge < -0.3 is 10.6 Å². The van der Waals surface area contributed by atoms with Gasteiger partial charge in [-0.05, 0) is 43.5 Å². The topological polar surface area (TPSA) is 46.3 Å². The summed E-state index contributed by atoms with van der Waals surface area (Å²) >= 11 is 0. The maximum Gasteiger partial charge on any atom is 0.240 e. The molecule has 16 heavy (non-hydrogen) atoms. The smallest absolute Gasteiger partial charge is 0.240 e. The lowest BCUT2D eigenvalue weighted by molar-refractivity contribution is -0.119. The molecule has 0 saturated carbocycles. The third-order valence-electron chi connectivity index (χ3n) is 2.99. The summed E-state index contributed by atoms with van der Waals surface area (Å²) in [6.07, 6.45) is 2.85. The van der Waals surface area contributed by atoms with Crippen molar-refractivity contribution in [2.24, 2.45) is 5.73 Å². The molecule has 2 rings (SSSR count). The monoisotopic (exact) mass is 222 g/mol. The lowest BCUT2D eigenvalue weighted by atomic mass is 10.0. The molecule has 1 saturated heterocycles. The van der Waals surface area contributed by atoms with Gasteiger partial charge in [0.15, 0.2) is 0 Å². The molecule has 1 atom stereocenters. The molecule has 1 fully saturated rings. The number of primary amides is 1. The van der Waals surface area contributed by atoms with Crippen molar-refractivity contribution in [1.82, 2.24) is 0 Å². The Bertz CT molecular complexity index is 377. The van der Waals surface area contributed by atoms with Gasteiger partial charge in [-0.15, -0.1) is 0 Å². The van der Waals surface area contributed by atoms with Crippen molar-refractivity contribution in [1.29, 1.82) is 0 Å². The first-order valence-corrected chi connectivity index (χ1v) is 5.50. The van der Waals surface area contributed by atoms with Crippen LogP contribution in [0.15, 0.2) is 24.3 Å². The first-order chi connectivity index (χ1) is 7.68. The van der Waals surface area contributed by atoms with Gasteiger partial charge in [0.2, 0.25) is 5.91 Å².